The summed E-state index contributed by atoms with van der Waals surface area (Å²) in [5, 5.41) is 0. The van der Waals surface area contributed by atoms with E-state index in [0.29, 0.717) is 13.2 Å². The first-order chi connectivity index (χ1) is 16.2. The maximum Gasteiger partial charge on any atom is 0.339 e. The van der Waals surface area contributed by atoms with Crippen LogP contribution >= 0.6 is 0 Å². The summed E-state index contributed by atoms with van der Waals surface area (Å²) >= 11 is 0. The van der Waals surface area contributed by atoms with Gasteiger partial charge in [-0.25, -0.2) is 9.59 Å². The molecule has 1 unspecified atom stereocenters. The Morgan fingerprint density at radius 3 is 1.74 bits per heavy atom. The summed E-state index contributed by atoms with van der Waals surface area (Å²) in [5.41, 5.74) is 0.163. The molecule has 0 aliphatic carbocycles. The Balaban J connectivity index is 2.26. The number of benzene rings is 1. The second-order valence-corrected chi connectivity index (χ2v) is 10.2. The minimum Gasteiger partial charge on any atom is -0.462 e. The van der Waals surface area contributed by atoms with Crippen LogP contribution in [0.2, 0.25) is 0 Å². The lowest BCUT2D eigenvalue weighted by Gasteiger charge is -2.22. The third kappa shape index (κ3) is 14.4. The van der Waals surface area contributed by atoms with Gasteiger partial charge in [0, 0.05) is 0 Å². The van der Waals surface area contributed by atoms with E-state index >= 15 is 0 Å². The first-order valence-electron chi connectivity index (χ1n) is 13.4. The summed E-state index contributed by atoms with van der Waals surface area (Å²) in [6.45, 7) is 10.5. The predicted octanol–water partition coefficient (Wildman–Crippen LogP) is 7.90. The molecule has 5 nitrogen and oxygen atoms in total. The highest BCUT2D eigenvalue weighted by molar-refractivity contribution is 6.03. The van der Waals surface area contributed by atoms with E-state index in [-0.39, 0.29) is 16.7 Å². The topological polar surface area (TPSA) is 61.8 Å². The average molecular weight is 477 g/mol. The van der Waals surface area contributed by atoms with Gasteiger partial charge in [-0.05, 0) is 46.2 Å². The van der Waals surface area contributed by atoms with Crippen molar-refractivity contribution in [2.45, 2.75) is 123 Å². The number of hydrogen-bond acceptors (Lipinski definition) is 5. The van der Waals surface area contributed by atoms with Crippen molar-refractivity contribution < 1.29 is 23.8 Å². The van der Waals surface area contributed by atoms with Crippen molar-refractivity contribution >= 4 is 11.9 Å². The van der Waals surface area contributed by atoms with Crippen LogP contribution in [0.3, 0.4) is 0 Å². The van der Waals surface area contributed by atoms with Gasteiger partial charge in [-0.2, -0.15) is 0 Å². The molecule has 34 heavy (non-hydrogen) atoms. The van der Waals surface area contributed by atoms with Gasteiger partial charge in [0.15, 0.2) is 0 Å². The summed E-state index contributed by atoms with van der Waals surface area (Å²) < 4.78 is 16.6. The zero-order chi connectivity index (χ0) is 25.2. The van der Waals surface area contributed by atoms with Crippen LogP contribution in [0.25, 0.3) is 0 Å². The fraction of sp³-hybridized carbons (Fsp3) is 0.724. The Morgan fingerprint density at radius 2 is 1.24 bits per heavy atom. The van der Waals surface area contributed by atoms with Gasteiger partial charge in [-0.3, -0.25) is 0 Å². The molecule has 194 valence electrons. The van der Waals surface area contributed by atoms with Gasteiger partial charge in [0.1, 0.15) is 6.10 Å². The highest BCUT2D eigenvalue weighted by Crippen LogP contribution is 2.16. The van der Waals surface area contributed by atoms with E-state index in [4.69, 9.17) is 14.2 Å². The van der Waals surface area contributed by atoms with Gasteiger partial charge >= 0.3 is 11.9 Å². The molecule has 0 aliphatic heterocycles. The summed E-state index contributed by atoms with van der Waals surface area (Å²) in [6.07, 6.45) is 14.7. The first-order valence-corrected chi connectivity index (χ1v) is 13.4. The van der Waals surface area contributed by atoms with Crippen molar-refractivity contribution in [2.24, 2.45) is 0 Å². The summed E-state index contributed by atoms with van der Waals surface area (Å²) in [5.74, 6) is -1.02. The standard InChI is InChI=1S/C29H48O5/c1-6-7-8-9-10-11-12-13-14-15-16-19-22-32-27(30)25-20-17-18-21-26(25)28(31)34-24(2)23-33-29(3,4)5/h17-18,20-21,24H,6-16,19,22-23H2,1-5H3. The molecule has 1 aromatic carbocycles. The van der Waals surface area contributed by atoms with Crippen LogP contribution in [-0.2, 0) is 14.2 Å². The lowest BCUT2D eigenvalue weighted by molar-refractivity contribution is -0.0531. The van der Waals surface area contributed by atoms with E-state index in [1.54, 1.807) is 31.2 Å². The van der Waals surface area contributed by atoms with Gasteiger partial charge in [0.05, 0.1) is 29.9 Å². The van der Waals surface area contributed by atoms with Gasteiger partial charge in [-0.15, -0.1) is 0 Å². The molecule has 0 saturated carbocycles. The second-order valence-electron chi connectivity index (χ2n) is 10.2. The van der Waals surface area contributed by atoms with Gasteiger partial charge < -0.3 is 14.2 Å². The van der Waals surface area contributed by atoms with E-state index in [0.717, 1.165) is 12.8 Å². The van der Waals surface area contributed by atoms with Crippen molar-refractivity contribution in [3.63, 3.8) is 0 Å². The van der Waals surface area contributed by atoms with Crippen LogP contribution in [0.5, 0.6) is 0 Å². The van der Waals surface area contributed by atoms with Gasteiger partial charge in [-0.1, -0.05) is 89.7 Å². The van der Waals surface area contributed by atoms with Crippen LogP contribution in [0.15, 0.2) is 24.3 Å². The van der Waals surface area contributed by atoms with Gasteiger partial charge in [0.2, 0.25) is 0 Å². The van der Waals surface area contributed by atoms with Crippen LogP contribution in [0.1, 0.15) is 132 Å². The monoisotopic (exact) mass is 476 g/mol. The Hall–Kier alpha value is -1.88. The smallest absolute Gasteiger partial charge is 0.339 e. The zero-order valence-electron chi connectivity index (χ0n) is 22.3. The SMILES string of the molecule is CCCCCCCCCCCCCCOC(=O)c1ccccc1C(=O)OC(C)COC(C)(C)C. The molecule has 5 heteroatoms. The molecular formula is C29H48O5. The number of hydrogen-bond donors (Lipinski definition) is 0. The largest absolute Gasteiger partial charge is 0.462 e. The van der Waals surface area contributed by atoms with E-state index in [2.05, 4.69) is 6.92 Å². The van der Waals surface area contributed by atoms with Crippen LogP contribution < -0.4 is 0 Å². The molecule has 0 heterocycles. The molecule has 0 bridgehead atoms. The average Bonchev–Trinajstić information content (AvgIpc) is 2.80. The van der Waals surface area contributed by atoms with Crippen LogP contribution in [0, 0.1) is 0 Å². The van der Waals surface area contributed by atoms with Crippen molar-refractivity contribution in [2.75, 3.05) is 13.2 Å². The number of ether oxygens (including phenoxy) is 3. The maximum atomic E-state index is 12.6. The molecule has 1 atom stereocenters. The minimum absolute atomic E-state index is 0.227. The van der Waals surface area contributed by atoms with Crippen LogP contribution in [0.4, 0.5) is 0 Å². The molecular weight excluding hydrogens is 428 g/mol. The molecule has 0 N–H and O–H groups in total. The lowest BCUT2D eigenvalue weighted by Crippen LogP contribution is -2.28. The van der Waals surface area contributed by atoms with Crippen molar-refractivity contribution in [1.29, 1.82) is 0 Å². The molecule has 0 saturated heterocycles. The van der Waals surface area contributed by atoms with E-state index in [9.17, 15) is 9.59 Å². The Labute approximate surface area is 207 Å². The maximum absolute atomic E-state index is 12.6. The molecule has 0 fully saturated rings. The fourth-order valence-corrected chi connectivity index (χ4v) is 3.67. The highest BCUT2D eigenvalue weighted by Gasteiger charge is 2.21. The summed E-state index contributed by atoms with van der Waals surface area (Å²) in [6, 6.07) is 6.65. The third-order valence-electron chi connectivity index (χ3n) is 5.66. The van der Waals surface area contributed by atoms with Crippen molar-refractivity contribution in [3.05, 3.63) is 35.4 Å². The summed E-state index contributed by atoms with van der Waals surface area (Å²) in [4.78, 5) is 25.2. The number of esters is 2. The van der Waals surface area contributed by atoms with Crippen LogP contribution in [-0.4, -0.2) is 36.9 Å². The normalized spacial score (nSPS) is 12.4. The number of rotatable bonds is 18. The first kappa shape index (κ1) is 30.2. The number of carbonyl (C=O) groups excluding carboxylic acids is 2. The van der Waals surface area contributed by atoms with E-state index in [1.165, 1.54) is 64.2 Å². The Bertz CT molecular complexity index is 692. The Kier molecular flexibility index (Phi) is 15.6. The minimum atomic E-state index is -0.539. The zero-order valence-corrected chi connectivity index (χ0v) is 22.3. The van der Waals surface area contributed by atoms with Crippen molar-refractivity contribution in [1.82, 2.24) is 0 Å². The molecule has 0 spiro atoms. The molecule has 1 aromatic rings. The molecule has 0 aliphatic rings. The van der Waals surface area contributed by atoms with Gasteiger partial charge in [0.25, 0.3) is 0 Å². The van der Waals surface area contributed by atoms with E-state index in [1.807, 2.05) is 20.8 Å². The number of unbranched alkanes of at least 4 members (excludes halogenated alkanes) is 11. The molecule has 0 amide bonds. The quantitative estimate of drug-likeness (QED) is 0.159. The molecule has 0 radical (unpaired) electrons. The number of carbonyl (C=O) groups is 2. The summed E-state index contributed by atoms with van der Waals surface area (Å²) in [7, 11) is 0. The lowest BCUT2D eigenvalue weighted by atomic mass is 10.1. The van der Waals surface area contributed by atoms with Crippen molar-refractivity contribution in [3.8, 4) is 0 Å². The second kappa shape index (κ2) is 17.5. The third-order valence-corrected chi connectivity index (χ3v) is 5.66. The fourth-order valence-electron chi connectivity index (χ4n) is 3.67. The Morgan fingerprint density at radius 1 is 0.765 bits per heavy atom. The molecule has 1 rings (SSSR count). The highest BCUT2D eigenvalue weighted by atomic mass is 16.6. The molecule has 0 aromatic heterocycles. The van der Waals surface area contributed by atoms with E-state index < -0.39 is 18.0 Å². The predicted molar refractivity (Wildman–Crippen MR) is 138 cm³/mol.